The van der Waals surface area contributed by atoms with E-state index in [1.165, 1.54) is 16.2 Å². The summed E-state index contributed by atoms with van der Waals surface area (Å²) in [5.74, 6) is 0.793. The molecule has 2 aliphatic rings. The maximum atomic E-state index is 13.7. The monoisotopic (exact) mass is 592 g/mol. The lowest BCUT2D eigenvalue weighted by molar-refractivity contribution is -0.132. The first-order chi connectivity index (χ1) is 21.0. The quantitative estimate of drug-likeness (QED) is 0.135. The summed E-state index contributed by atoms with van der Waals surface area (Å²) in [6, 6.07) is 25.7. The Bertz CT molecular complexity index is 1920. The minimum atomic E-state index is -0.991. The number of rotatable bonds is 6. The summed E-state index contributed by atoms with van der Waals surface area (Å²) in [5, 5.41) is 11.9. The van der Waals surface area contributed by atoms with E-state index in [1.54, 1.807) is 61.7 Å². The Kier molecular flexibility index (Phi) is 6.67. The molecule has 1 atom stereocenters. The van der Waals surface area contributed by atoms with Gasteiger partial charge < -0.3 is 24.1 Å². The highest BCUT2D eigenvalue weighted by atomic mass is 32.1. The fourth-order valence-corrected chi connectivity index (χ4v) is 6.21. The van der Waals surface area contributed by atoms with Crippen LogP contribution in [0.25, 0.3) is 16.0 Å². The highest BCUT2D eigenvalue weighted by Crippen LogP contribution is 2.46. The Labute approximate surface area is 250 Å². The molecule has 3 heterocycles. The summed E-state index contributed by atoms with van der Waals surface area (Å²) in [6.45, 7) is 0.775. The van der Waals surface area contributed by atoms with E-state index < -0.39 is 17.7 Å². The lowest BCUT2D eigenvalue weighted by Crippen LogP contribution is -2.29. The van der Waals surface area contributed by atoms with Gasteiger partial charge in [-0.25, -0.2) is 4.98 Å². The van der Waals surface area contributed by atoms with Gasteiger partial charge in [-0.05, 0) is 66.2 Å². The van der Waals surface area contributed by atoms with Gasteiger partial charge in [-0.3, -0.25) is 14.5 Å². The van der Waals surface area contributed by atoms with Crippen molar-refractivity contribution in [1.82, 2.24) is 4.98 Å². The van der Waals surface area contributed by atoms with Gasteiger partial charge in [0.05, 0.1) is 28.9 Å². The summed E-state index contributed by atoms with van der Waals surface area (Å²) in [7, 11) is 1.57. The topological polar surface area (TPSA) is 107 Å². The predicted molar refractivity (Wildman–Crippen MR) is 161 cm³/mol. The minimum Gasteiger partial charge on any atom is -0.507 e. The first kappa shape index (κ1) is 26.5. The molecular weight excluding hydrogens is 568 g/mol. The molecular formula is C33H24N2O7S. The van der Waals surface area contributed by atoms with Crippen molar-refractivity contribution in [2.24, 2.45) is 0 Å². The molecule has 0 bridgehead atoms. The number of para-hydroxylation sites is 1. The van der Waals surface area contributed by atoms with Crippen LogP contribution in [-0.4, -0.2) is 42.1 Å². The molecule has 0 unspecified atom stereocenters. The fraction of sp³-hybridized carbons (Fsp3) is 0.121. The fourth-order valence-electron chi connectivity index (χ4n) is 5.19. The molecule has 1 saturated heterocycles. The number of fused-ring (bicyclic) bond motifs is 2. The van der Waals surface area contributed by atoms with Crippen molar-refractivity contribution in [3.8, 4) is 28.7 Å². The lowest BCUT2D eigenvalue weighted by atomic mass is 9.95. The van der Waals surface area contributed by atoms with Gasteiger partial charge in [-0.2, -0.15) is 0 Å². The number of thiazole rings is 1. The maximum Gasteiger partial charge on any atom is 0.301 e. The van der Waals surface area contributed by atoms with Gasteiger partial charge in [-0.1, -0.05) is 41.7 Å². The number of anilines is 1. The molecule has 1 aromatic heterocycles. The first-order valence-electron chi connectivity index (χ1n) is 13.5. The van der Waals surface area contributed by atoms with Crippen LogP contribution < -0.4 is 23.8 Å². The number of aliphatic hydroxyl groups excluding tert-OH is 1. The van der Waals surface area contributed by atoms with Gasteiger partial charge in [0.1, 0.15) is 36.2 Å². The maximum absolute atomic E-state index is 13.7. The van der Waals surface area contributed by atoms with Gasteiger partial charge in [0, 0.05) is 5.56 Å². The average Bonchev–Trinajstić information content (AvgIpc) is 3.58. The van der Waals surface area contributed by atoms with Crippen LogP contribution in [0.4, 0.5) is 5.13 Å². The number of carbonyl (C=O) groups is 2. The third kappa shape index (κ3) is 4.81. The second-order valence-corrected chi connectivity index (χ2v) is 10.9. The van der Waals surface area contributed by atoms with Crippen LogP contribution in [0.3, 0.4) is 0 Å². The number of aliphatic hydroxyl groups is 1. The third-order valence-electron chi connectivity index (χ3n) is 7.20. The number of methoxy groups -OCH3 is 1. The number of hydrogen-bond acceptors (Lipinski definition) is 9. The highest BCUT2D eigenvalue weighted by molar-refractivity contribution is 7.22. The number of ketones is 1. The van der Waals surface area contributed by atoms with E-state index in [1.807, 2.05) is 36.4 Å². The second kappa shape index (κ2) is 10.8. The number of ether oxygens (including phenoxy) is 4. The van der Waals surface area contributed by atoms with Crippen LogP contribution in [0, 0.1) is 0 Å². The Balaban J connectivity index is 1.38. The minimum absolute atomic E-state index is 0.0737. The standard InChI is InChI=1S/C33H24N2O7S/c1-39-22-11-12-24-27(18-22)43-33(34-24)35-29(19-6-5-9-23(16-19)42-21-7-3-2-4-8-21)28(31(37)32(35)38)30(36)20-10-13-25-26(17-20)41-15-14-40-25/h2-13,16-18,29,36H,14-15H2,1H3/t29-/m1/s1. The number of benzene rings is 4. The van der Waals surface area contributed by atoms with E-state index in [0.29, 0.717) is 63.7 Å². The Hall–Kier alpha value is -5.35. The molecule has 0 saturated carbocycles. The Morgan fingerprint density at radius 3 is 2.49 bits per heavy atom. The lowest BCUT2D eigenvalue weighted by Gasteiger charge is -2.23. The number of aromatic nitrogens is 1. The Morgan fingerprint density at radius 1 is 0.884 bits per heavy atom. The number of Topliss-reactive ketones (excluding diaryl/α,β-unsaturated/α-hetero) is 1. The van der Waals surface area contributed by atoms with Crippen molar-refractivity contribution in [2.45, 2.75) is 6.04 Å². The zero-order chi connectivity index (χ0) is 29.5. The van der Waals surface area contributed by atoms with Gasteiger partial charge in [0.2, 0.25) is 0 Å². The van der Waals surface area contributed by atoms with Crippen LogP contribution in [0.2, 0.25) is 0 Å². The summed E-state index contributed by atoms with van der Waals surface area (Å²) in [5.41, 5.74) is 1.45. The van der Waals surface area contributed by atoms with Crippen molar-refractivity contribution in [1.29, 1.82) is 0 Å². The van der Waals surface area contributed by atoms with Crippen LogP contribution in [0.1, 0.15) is 17.2 Å². The van der Waals surface area contributed by atoms with Crippen LogP contribution in [-0.2, 0) is 9.59 Å². The van der Waals surface area contributed by atoms with E-state index in [0.717, 1.165) is 4.70 Å². The molecule has 1 amide bonds. The first-order valence-corrected chi connectivity index (χ1v) is 14.3. The largest absolute Gasteiger partial charge is 0.507 e. The normalized spacial score (nSPS) is 17.3. The molecule has 1 fully saturated rings. The number of amides is 1. The molecule has 9 nitrogen and oxygen atoms in total. The van der Waals surface area contributed by atoms with Crippen LogP contribution in [0.15, 0.2) is 96.6 Å². The SMILES string of the molecule is COc1ccc2nc(N3C(=O)C(=O)C(=C(O)c4ccc5c(c4)OCCO5)[C@H]3c3cccc(Oc4ccccc4)c3)sc2c1. The predicted octanol–water partition coefficient (Wildman–Crippen LogP) is 6.49. The van der Waals surface area contributed by atoms with Crippen molar-refractivity contribution in [3.63, 3.8) is 0 Å². The summed E-state index contributed by atoms with van der Waals surface area (Å²) in [6.07, 6.45) is 0. The highest BCUT2D eigenvalue weighted by Gasteiger charge is 2.48. The van der Waals surface area contributed by atoms with Gasteiger partial charge in [0.15, 0.2) is 16.6 Å². The molecule has 0 aliphatic carbocycles. The molecule has 1 N–H and O–H groups in total. The average molecular weight is 593 g/mol. The second-order valence-electron chi connectivity index (χ2n) is 9.85. The number of carbonyl (C=O) groups excluding carboxylic acids is 2. The Morgan fingerprint density at radius 2 is 1.67 bits per heavy atom. The summed E-state index contributed by atoms with van der Waals surface area (Å²) >= 11 is 1.25. The number of hydrogen-bond donors (Lipinski definition) is 1. The summed E-state index contributed by atoms with van der Waals surface area (Å²) < 4.78 is 23.5. The molecule has 5 aromatic rings. The summed E-state index contributed by atoms with van der Waals surface area (Å²) in [4.78, 5) is 33.5. The molecule has 2 aliphatic heterocycles. The molecule has 43 heavy (non-hydrogen) atoms. The van der Waals surface area contributed by atoms with Crippen molar-refractivity contribution < 1.29 is 33.6 Å². The van der Waals surface area contributed by atoms with Crippen molar-refractivity contribution in [2.75, 3.05) is 25.2 Å². The van der Waals surface area contributed by atoms with E-state index in [2.05, 4.69) is 4.98 Å². The van der Waals surface area contributed by atoms with Crippen LogP contribution in [0.5, 0.6) is 28.7 Å². The van der Waals surface area contributed by atoms with Crippen molar-refractivity contribution >= 4 is 44.1 Å². The molecule has 0 radical (unpaired) electrons. The van der Waals surface area contributed by atoms with E-state index >= 15 is 0 Å². The van der Waals surface area contributed by atoms with Crippen molar-refractivity contribution in [3.05, 3.63) is 108 Å². The third-order valence-corrected chi connectivity index (χ3v) is 8.22. The number of nitrogens with zero attached hydrogens (tertiary/aromatic N) is 2. The molecule has 4 aromatic carbocycles. The van der Waals surface area contributed by atoms with E-state index in [-0.39, 0.29) is 11.3 Å². The smallest absolute Gasteiger partial charge is 0.301 e. The molecule has 0 spiro atoms. The zero-order valence-electron chi connectivity index (χ0n) is 22.9. The van der Waals surface area contributed by atoms with E-state index in [4.69, 9.17) is 18.9 Å². The molecule has 10 heteroatoms. The van der Waals surface area contributed by atoms with Crippen LogP contribution >= 0.6 is 11.3 Å². The zero-order valence-corrected chi connectivity index (χ0v) is 23.7. The van der Waals surface area contributed by atoms with E-state index in [9.17, 15) is 14.7 Å². The van der Waals surface area contributed by atoms with Gasteiger partial charge in [0.25, 0.3) is 5.78 Å². The van der Waals surface area contributed by atoms with Gasteiger partial charge >= 0.3 is 5.91 Å². The molecule has 214 valence electrons. The van der Waals surface area contributed by atoms with Gasteiger partial charge in [-0.15, -0.1) is 0 Å². The molecule has 7 rings (SSSR count).